The predicted molar refractivity (Wildman–Crippen MR) is 130 cm³/mol. The molecule has 0 radical (unpaired) electrons. The van der Waals surface area contributed by atoms with Crippen LogP contribution in [-0.4, -0.2) is 43.9 Å². The van der Waals surface area contributed by atoms with Gasteiger partial charge in [0.15, 0.2) is 11.5 Å². The van der Waals surface area contributed by atoms with E-state index in [2.05, 4.69) is 20.0 Å². The van der Waals surface area contributed by atoms with Crippen molar-refractivity contribution in [2.45, 2.75) is 38.2 Å². The van der Waals surface area contributed by atoms with Gasteiger partial charge < -0.3 is 14.8 Å². The molecule has 0 aliphatic heterocycles. The van der Waals surface area contributed by atoms with Crippen LogP contribution in [0.1, 0.15) is 32.1 Å². The molecule has 1 fully saturated rings. The van der Waals surface area contributed by atoms with Crippen molar-refractivity contribution in [1.82, 2.24) is 14.7 Å². The average molecular weight is 509 g/mol. The molecule has 0 spiro atoms. The van der Waals surface area contributed by atoms with Gasteiger partial charge in [-0.15, -0.1) is 0 Å². The van der Waals surface area contributed by atoms with Crippen molar-refractivity contribution in [3.63, 3.8) is 0 Å². The number of nitrogens with zero attached hydrogens (tertiary/aromatic N) is 2. The molecule has 1 saturated carbocycles. The minimum Gasteiger partial charge on any atom is -0.488 e. The Hall–Kier alpha value is -2.69. The first-order valence-corrected chi connectivity index (χ1v) is 13.3. The number of halogens is 2. The normalized spacial score (nSPS) is 14.8. The minimum absolute atomic E-state index is 0.00284. The number of rotatable bonds is 9. The summed E-state index contributed by atoms with van der Waals surface area (Å²) in [7, 11) is -3.31. The van der Waals surface area contributed by atoms with Crippen LogP contribution >= 0.6 is 11.6 Å². The monoisotopic (exact) mass is 508 g/mol. The number of ether oxygens (including phenoxy) is 2. The van der Waals surface area contributed by atoms with Crippen LogP contribution in [0.2, 0.25) is 5.02 Å². The Kier molecular flexibility index (Phi) is 7.70. The number of sulfonamides is 1. The number of fused-ring (bicyclic) bond motifs is 1. The van der Waals surface area contributed by atoms with Crippen LogP contribution in [0.5, 0.6) is 11.5 Å². The second-order valence-corrected chi connectivity index (χ2v) is 10.4. The van der Waals surface area contributed by atoms with Gasteiger partial charge in [-0.1, -0.05) is 18.0 Å². The third-order valence-corrected chi connectivity index (χ3v) is 6.47. The third kappa shape index (κ3) is 6.46. The molecule has 1 heterocycles. The van der Waals surface area contributed by atoms with E-state index in [4.69, 9.17) is 21.1 Å². The van der Waals surface area contributed by atoms with Crippen molar-refractivity contribution in [2.24, 2.45) is 0 Å². The zero-order chi connectivity index (χ0) is 24.1. The highest BCUT2D eigenvalue weighted by atomic mass is 35.5. The first kappa shape index (κ1) is 24.4. The van der Waals surface area contributed by atoms with Gasteiger partial charge >= 0.3 is 0 Å². The molecule has 1 aliphatic carbocycles. The number of nitrogens with one attached hydrogen (secondary N) is 2. The van der Waals surface area contributed by atoms with Gasteiger partial charge in [-0.25, -0.2) is 27.5 Å². The topological polar surface area (TPSA) is 102 Å². The van der Waals surface area contributed by atoms with E-state index in [-0.39, 0.29) is 24.3 Å². The Morgan fingerprint density at radius 1 is 1.12 bits per heavy atom. The fraction of sp³-hybridized carbons (Fsp3) is 0.391. The second kappa shape index (κ2) is 10.7. The van der Waals surface area contributed by atoms with E-state index < -0.39 is 15.8 Å². The van der Waals surface area contributed by atoms with Crippen LogP contribution in [0.25, 0.3) is 10.9 Å². The van der Waals surface area contributed by atoms with Crippen molar-refractivity contribution in [3.8, 4) is 11.5 Å². The molecule has 2 N–H and O–H groups in total. The van der Waals surface area contributed by atoms with E-state index in [1.807, 2.05) is 6.07 Å². The molecule has 0 amide bonds. The van der Waals surface area contributed by atoms with Gasteiger partial charge in [0.1, 0.15) is 24.6 Å². The average Bonchev–Trinajstić information content (AvgIpc) is 2.80. The number of anilines is 2. The quantitative estimate of drug-likeness (QED) is 0.400. The fourth-order valence-corrected chi connectivity index (χ4v) is 4.46. The smallest absolute Gasteiger partial charge is 0.208 e. The predicted octanol–water partition coefficient (Wildman–Crippen LogP) is 4.81. The molecule has 1 aromatic heterocycles. The zero-order valence-electron chi connectivity index (χ0n) is 18.7. The van der Waals surface area contributed by atoms with Crippen LogP contribution < -0.4 is 19.5 Å². The van der Waals surface area contributed by atoms with E-state index in [0.717, 1.165) is 31.9 Å². The van der Waals surface area contributed by atoms with E-state index in [1.165, 1.54) is 24.9 Å². The summed E-state index contributed by atoms with van der Waals surface area (Å²) in [6.45, 7) is 0.255. The maximum atomic E-state index is 13.5. The summed E-state index contributed by atoms with van der Waals surface area (Å²) < 4.78 is 50.8. The molecule has 0 bridgehead atoms. The highest BCUT2D eigenvalue weighted by Crippen LogP contribution is 2.37. The van der Waals surface area contributed by atoms with Crippen molar-refractivity contribution >= 4 is 44.0 Å². The maximum absolute atomic E-state index is 13.5. The SMILES string of the molecule is CS(=O)(=O)NCCOc1cc2ncnc(Nc3ccc(F)c(Cl)c3)c2cc1OC1CCCCC1. The molecular weight excluding hydrogens is 483 g/mol. The second-order valence-electron chi connectivity index (χ2n) is 8.19. The van der Waals surface area contributed by atoms with Crippen LogP contribution in [0.4, 0.5) is 15.9 Å². The largest absolute Gasteiger partial charge is 0.488 e. The Labute approximate surface area is 202 Å². The summed E-state index contributed by atoms with van der Waals surface area (Å²) in [5, 5.41) is 3.85. The fourth-order valence-electron chi connectivity index (χ4n) is 3.83. The molecule has 0 saturated heterocycles. The highest BCUT2D eigenvalue weighted by molar-refractivity contribution is 7.88. The van der Waals surface area contributed by atoms with Gasteiger partial charge in [-0.3, -0.25) is 0 Å². The minimum atomic E-state index is -3.31. The van der Waals surface area contributed by atoms with Gasteiger partial charge in [0.2, 0.25) is 10.0 Å². The molecule has 8 nitrogen and oxygen atoms in total. The lowest BCUT2D eigenvalue weighted by atomic mass is 9.98. The summed E-state index contributed by atoms with van der Waals surface area (Å²) in [4.78, 5) is 8.69. The zero-order valence-corrected chi connectivity index (χ0v) is 20.3. The highest BCUT2D eigenvalue weighted by Gasteiger charge is 2.19. The van der Waals surface area contributed by atoms with E-state index in [9.17, 15) is 12.8 Å². The van der Waals surface area contributed by atoms with Gasteiger partial charge in [-0.2, -0.15) is 0 Å². The van der Waals surface area contributed by atoms with Crippen LogP contribution in [0.15, 0.2) is 36.7 Å². The van der Waals surface area contributed by atoms with E-state index in [0.29, 0.717) is 33.9 Å². The molecule has 2 aromatic carbocycles. The first-order valence-electron chi connectivity index (χ1n) is 11.0. The Bertz CT molecular complexity index is 1270. The maximum Gasteiger partial charge on any atom is 0.208 e. The van der Waals surface area contributed by atoms with E-state index in [1.54, 1.807) is 12.1 Å². The number of aromatic nitrogens is 2. The van der Waals surface area contributed by atoms with Crippen LogP contribution in [0.3, 0.4) is 0 Å². The van der Waals surface area contributed by atoms with Crippen LogP contribution in [0, 0.1) is 5.82 Å². The molecular formula is C23H26ClFN4O4S. The molecule has 0 atom stereocenters. The first-order chi connectivity index (χ1) is 16.3. The molecule has 11 heteroatoms. The van der Waals surface area contributed by atoms with Crippen molar-refractivity contribution in [3.05, 3.63) is 47.5 Å². The lowest BCUT2D eigenvalue weighted by molar-refractivity contribution is 0.147. The summed E-state index contributed by atoms with van der Waals surface area (Å²) in [5.74, 6) is 1.01. The number of hydrogen-bond acceptors (Lipinski definition) is 7. The third-order valence-electron chi connectivity index (χ3n) is 5.45. The van der Waals surface area contributed by atoms with Gasteiger partial charge in [0.05, 0.1) is 22.9 Å². The standard InChI is InChI=1S/C23H26ClFN4O4S/c1-34(30,31)28-9-10-32-21-13-20-17(12-22(21)33-16-5-3-2-4-6-16)23(27-14-26-20)29-15-7-8-19(25)18(24)11-15/h7-8,11-14,16,28H,2-6,9-10H2,1H3,(H,26,27,29). The molecule has 182 valence electrons. The van der Waals surface area contributed by atoms with Crippen LogP contribution in [-0.2, 0) is 10.0 Å². The van der Waals surface area contributed by atoms with Gasteiger partial charge in [0, 0.05) is 23.7 Å². The van der Waals surface area contributed by atoms with Gasteiger partial charge in [-0.05, 0) is 49.9 Å². The lowest BCUT2D eigenvalue weighted by Gasteiger charge is -2.24. The van der Waals surface area contributed by atoms with Crippen molar-refractivity contribution in [2.75, 3.05) is 24.7 Å². The lowest BCUT2D eigenvalue weighted by Crippen LogP contribution is -2.27. The summed E-state index contributed by atoms with van der Waals surface area (Å²) >= 11 is 5.91. The van der Waals surface area contributed by atoms with Crippen molar-refractivity contribution in [1.29, 1.82) is 0 Å². The Morgan fingerprint density at radius 3 is 2.65 bits per heavy atom. The Balaban J connectivity index is 1.64. The Morgan fingerprint density at radius 2 is 1.91 bits per heavy atom. The van der Waals surface area contributed by atoms with E-state index >= 15 is 0 Å². The summed E-state index contributed by atoms with van der Waals surface area (Å²) in [5.41, 5.74) is 1.18. The number of hydrogen-bond donors (Lipinski definition) is 2. The molecule has 4 rings (SSSR count). The number of benzene rings is 2. The molecule has 0 unspecified atom stereocenters. The van der Waals surface area contributed by atoms with Crippen molar-refractivity contribution < 1.29 is 22.3 Å². The summed E-state index contributed by atoms with van der Waals surface area (Å²) in [6.07, 6.45) is 7.89. The summed E-state index contributed by atoms with van der Waals surface area (Å²) in [6, 6.07) is 7.90. The van der Waals surface area contributed by atoms with Gasteiger partial charge in [0.25, 0.3) is 0 Å². The molecule has 34 heavy (non-hydrogen) atoms. The molecule has 3 aromatic rings. The molecule has 1 aliphatic rings.